The Morgan fingerprint density at radius 1 is 1.25 bits per heavy atom. The van der Waals surface area contributed by atoms with Crippen molar-refractivity contribution in [3.8, 4) is 0 Å². The zero-order valence-electron chi connectivity index (χ0n) is 10.6. The van der Waals surface area contributed by atoms with Crippen LogP contribution in [0.4, 0.5) is 0 Å². The Hall–Kier alpha value is -2.22. The first-order valence-electron chi connectivity index (χ1n) is 5.97. The van der Waals surface area contributed by atoms with Crippen LogP contribution in [0, 0.1) is 0 Å². The lowest BCUT2D eigenvalue weighted by atomic mass is 10.1. The summed E-state index contributed by atoms with van der Waals surface area (Å²) in [6.45, 7) is 0.384. The maximum absolute atomic E-state index is 11.7. The normalized spacial score (nSPS) is 11.2. The number of amides is 1. The Morgan fingerprint density at radius 2 is 2.00 bits per heavy atom. The van der Waals surface area contributed by atoms with Gasteiger partial charge in [0.1, 0.15) is 12.1 Å². The fraction of sp³-hybridized carbons (Fsp3) is 0.250. The minimum atomic E-state index is -3.75. The molecular weight excluding hydrogens is 280 g/mol. The molecule has 7 nitrogen and oxygen atoms in total. The Balaban J connectivity index is 1.81. The molecule has 1 aromatic heterocycles. The molecule has 2 rings (SSSR count). The van der Waals surface area contributed by atoms with E-state index in [0.29, 0.717) is 13.0 Å². The SMILES string of the molecule is O=C(CS(=O)(=O)c1ncn[nH]1)NCCc1ccccc1. The van der Waals surface area contributed by atoms with Crippen LogP contribution < -0.4 is 5.32 Å². The Labute approximate surface area is 116 Å². The number of hydrogen-bond donors (Lipinski definition) is 2. The van der Waals surface area contributed by atoms with E-state index in [1.54, 1.807) is 0 Å². The summed E-state index contributed by atoms with van der Waals surface area (Å²) in [5, 5.41) is 7.96. The van der Waals surface area contributed by atoms with Gasteiger partial charge in [0.2, 0.25) is 20.9 Å². The number of nitrogens with zero attached hydrogens (tertiary/aromatic N) is 2. The summed E-state index contributed by atoms with van der Waals surface area (Å²) in [6.07, 6.45) is 1.73. The molecule has 106 valence electrons. The van der Waals surface area contributed by atoms with Gasteiger partial charge < -0.3 is 5.32 Å². The van der Waals surface area contributed by atoms with Crippen molar-refractivity contribution >= 4 is 15.7 Å². The van der Waals surface area contributed by atoms with Gasteiger partial charge in [0, 0.05) is 6.54 Å². The number of sulfone groups is 1. The Bertz CT molecular complexity index is 653. The highest BCUT2D eigenvalue weighted by molar-refractivity contribution is 7.91. The van der Waals surface area contributed by atoms with Crippen LogP contribution in [0.5, 0.6) is 0 Å². The van der Waals surface area contributed by atoms with E-state index in [2.05, 4.69) is 20.5 Å². The monoisotopic (exact) mass is 294 g/mol. The first-order chi connectivity index (χ1) is 9.58. The van der Waals surface area contributed by atoms with E-state index < -0.39 is 21.5 Å². The van der Waals surface area contributed by atoms with E-state index in [1.807, 2.05) is 30.3 Å². The van der Waals surface area contributed by atoms with Gasteiger partial charge in [0.05, 0.1) is 0 Å². The molecule has 1 aromatic carbocycles. The highest BCUT2D eigenvalue weighted by Gasteiger charge is 2.21. The molecule has 0 aliphatic carbocycles. The summed E-state index contributed by atoms with van der Waals surface area (Å²) in [4.78, 5) is 15.1. The molecule has 2 N–H and O–H groups in total. The third-order valence-corrected chi connectivity index (χ3v) is 4.02. The number of aromatic amines is 1. The van der Waals surface area contributed by atoms with Gasteiger partial charge in [0.25, 0.3) is 0 Å². The van der Waals surface area contributed by atoms with E-state index in [4.69, 9.17) is 0 Å². The summed E-state index contributed by atoms with van der Waals surface area (Å²) in [7, 11) is -3.75. The van der Waals surface area contributed by atoms with Crippen molar-refractivity contribution in [1.82, 2.24) is 20.5 Å². The molecule has 0 unspecified atom stereocenters. The van der Waals surface area contributed by atoms with E-state index >= 15 is 0 Å². The van der Waals surface area contributed by atoms with Crippen molar-refractivity contribution in [1.29, 1.82) is 0 Å². The largest absolute Gasteiger partial charge is 0.355 e. The number of hydrogen-bond acceptors (Lipinski definition) is 5. The summed E-state index contributed by atoms with van der Waals surface area (Å²) in [6, 6.07) is 9.61. The van der Waals surface area contributed by atoms with E-state index in [-0.39, 0.29) is 5.16 Å². The minimum absolute atomic E-state index is 0.296. The quantitative estimate of drug-likeness (QED) is 0.776. The van der Waals surface area contributed by atoms with Gasteiger partial charge in [-0.3, -0.25) is 9.89 Å². The highest BCUT2D eigenvalue weighted by atomic mass is 32.2. The van der Waals surface area contributed by atoms with E-state index in [1.165, 1.54) is 0 Å². The topological polar surface area (TPSA) is 105 Å². The molecule has 0 spiro atoms. The van der Waals surface area contributed by atoms with Crippen LogP contribution in [0.3, 0.4) is 0 Å². The second kappa shape index (κ2) is 6.29. The van der Waals surface area contributed by atoms with Crippen molar-refractivity contribution < 1.29 is 13.2 Å². The molecule has 1 heterocycles. The third-order valence-electron chi connectivity index (χ3n) is 2.59. The zero-order chi connectivity index (χ0) is 14.4. The van der Waals surface area contributed by atoms with Crippen LogP contribution in [0.1, 0.15) is 5.56 Å². The Kier molecular flexibility index (Phi) is 4.46. The van der Waals surface area contributed by atoms with Crippen LogP contribution >= 0.6 is 0 Å². The molecular formula is C12H14N4O3S. The Morgan fingerprint density at radius 3 is 2.65 bits per heavy atom. The van der Waals surface area contributed by atoms with Crippen molar-refractivity contribution in [2.24, 2.45) is 0 Å². The van der Waals surface area contributed by atoms with E-state index in [9.17, 15) is 13.2 Å². The molecule has 2 aromatic rings. The molecule has 0 saturated carbocycles. The predicted molar refractivity (Wildman–Crippen MR) is 71.6 cm³/mol. The van der Waals surface area contributed by atoms with Crippen molar-refractivity contribution in [2.75, 3.05) is 12.3 Å². The molecule has 20 heavy (non-hydrogen) atoms. The second-order valence-corrected chi connectivity index (χ2v) is 6.04. The number of aromatic nitrogens is 3. The van der Waals surface area contributed by atoms with Gasteiger partial charge in [-0.25, -0.2) is 13.4 Å². The van der Waals surface area contributed by atoms with Gasteiger partial charge >= 0.3 is 0 Å². The van der Waals surface area contributed by atoms with Crippen LogP contribution in [0.25, 0.3) is 0 Å². The van der Waals surface area contributed by atoms with Crippen molar-refractivity contribution in [3.63, 3.8) is 0 Å². The third kappa shape index (κ3) is 3.89. The molecule has 0 aliphatic heterocycles. The summed E-state index contributed by atoms with van der Waals surface area (Å²) in [5.41, 5.74) is 1.07. The summed E-state index contributed by atoms with van der Waals surface area (Å²) < 4.78 is 23.5. The lowest BCUT2D eigenvalue weighted by Crippen LogP contribution is -2.32. The molecule has 0 fully saturated rings. The van der Waals surface area contributed by atoms with Crippen LogP contribution in [0.15, 0.2) is 41.8 Å². The standard InChI is InChI=1S/C12H14N4O3S/c17-11(8-20(18,19)12-14-9-15-16-12)13-7-6-10-4-2-1-3-5-10/h1-5,9H,6-8H2,(H,13,17)(H,14,15,16). The highest BCUT2D eigenvalue weighted by Crippen LogP contribution is 2.02. The average Bonchev–Trinajstić information content (AvgIpc) is 2.94. The maximum atomic E-state index is 11.7. The molecule has 0 bridgehead atoms. The van der Waals surface area contributed by atoms with Crippen LogP contribution in [-0.2, 0) is 21.1 Å². The van der Waals surface area contributed by atoms with Crippen LogP contribution in [-0.4, -0.2) is 41.8 Å². The van der Waals surface area contributed by atoms with Crippen molar-refractivity contribution in [3.05, 3.63) is 42.2 Å². The first kappa shape index (κ1) is 14.2. The lowest BCUT2D eigenvalue weighted by molar-refractivity contribution is -0.118. The number of carbonyl (C=O) groups is 1. The number of benzene rings is 1. The first-order valence-corrected chi connectivity index (χ1v) is 7.62. The smallest absolute Gasteiger partial charge is 0.243 e. The molecule has 0 atom stereocenters. The van der Waals surface area contributed by atoms with Gasteiger partial charge in [-0.05, 0) is 12.0 Å². The molecule has 1 amide bonds. The predicted octanol–water partition coefficient (Wildman–Crippen LogP) is -0.0627. The number of nitrogens with one attached hydrogen (secondary N) is 2. The average molecular weight is 294 g/mol. The molecule has 0 aliphatic rings. The zero-order valence-corrected chi connectivity index (χ0v) is 11.4. The summed E-state index contributed by atoms with van der Waals surface area (Å²) in [5.74, 6) is -1.20. The number of carbonyl (C=O) groups excluding carboxylic acids is 1. The fourth-order valence-electron chi connectivity index (χ4n) is 1.63. The molecule has 0 saturated heterocycles. The van der Waals surface area contributed by atoms with Crippen molar-refractivity contribution in [2.45, 2.75) is 11.6 Å². The van der Waals surface area contributed by atoms with Gasteiger partial charge in [-0.1, -0.05) is 30.3 Å². The van der Waals surface area contributed by atoms with Crippen LogP contribution in [0.2, 0.25) is 0 Å². The van der Waals surface area contributed by atoms with E-state index in [0.717, 1.165) is 11.9 Å². The second-order valence-electron chi connectivity index (χ2n) is 4.14. The minimum Gasteiger partial charge on any atom is -0.355 e. The fourth-order valence-corrected chi connectivity index (χ4v) is 2.61. The van der Waals surface area contributed by atoms with Gasteiger partial charge in [-0.2, -0.15) is 5.10 Å². The van der Waals surface area contributed by atoms with Gasteiger partial charge in [0.15, 0.2) is 0 Å². The molecule has 8 heteroatoms. The number of rotatable bonds is 6. The maximum Gasteiger partial charge on any atom is 0.243 e. The number of H-pyrrole nitrogens is 1. The molecule has 0 radical (unpaired) electrons. The van der Waals surface area contributed by atoms with Gasteiger partial charge in [-0.15, -0.1) is 0 Å². The summed E-state index contributed by atoms with van der Waals surface area (Å²) >= 11 is 0. The lowest BCUT2D eigenvalue weighted by Gasteiger charge is -2.05.